The molecule has 3 aromatic rings. The summed E-state index contributed by atoms with van der Waals surface area (Å²) in [6, 6.07) is 19.8. The monoisotopic (exact) mass is 493 g/mol. The van der Waals surface area contributed by atoms with Crippen molar-refractivity contribution in [3.63, 3.8) is 0 Å². The second kappa shape index (κ2) is 11.6. The minimum atomic E-state index is -0.897. The van der Waals surface area contributed by atoms with Gasteiger partial charge in [0.2, 0.25) is 0 Å². The Morgan fingerprint density at radius 1 is 1.14 bits per heavy atom. The quantitative estimate of drug-likeness (QED) is 0.280. The summed E-state index contributed by atoms with van der Waals surface area (Å²) in [6.07, 6.45) is 2.73. The van der Waals surface area contributed by atoms with Crippen molar-refractivity contribution >= 4 is 35.3 Å². The lowest BCUT2D eigenvalue weighted by Crippen LogP contribution is -2.53. The molecule has 0 bridgehead atoms. The van der Waals surface area contributed by atoms with Crippen LogP contribution in [0.15, 0.2) is 72.9 Å². The van der Waals surface area contributed by atoms with Gasteiger partial charge in [0.05, 0.1) is 17.2 Å². The van der Waals surface area contributed by atoms with Crippen LogP contribution in [0.25, 0.3) is 0 Å². The Bertz CT molecular complexity index is 1130. The van der Waals surface area contributed by atoms with Gasteiger partial charge in [-0.1, -0.05) is 54.7 Å². The largest absolute Gasteiger partial charge is 0.465 e. The molecule has 1 aliphatic rings. The van der Waals surface area contributed by atoms with E-state index in [1.807, 2.05) is 47.5 Å². The third-order valence-corrected chi connectivity index (χ3v) is 6.41. The van der Waals surface area contributed by atoms with Gasteiger partial charge in [-0.25, -0.2) is 14.2 Å². The van der Waals surface area contributed by atoms with Crippen LogP contribution in [0.5, 0.6) is 0 Å². The smallest absolute Gasteiger partial charge is 0.407 e. The van der Waals surface area contributed by atoms with Gasteiger partial charge in [-0.3, -0.25) is 10.4 Å². The molecule has 0 spiro atoms. The van der Waals surface area contributed by atoms with E-state index in [4.69, 9.17) is 12.2 Å². The van der Waals surface area contributed by atoms with E-state index in [0.717, 1.165) is 16.8 Å². The van der Waals surface area contributed by atoms with Gasteiger partial charge in [-0.15, -0.1) is 0 Å². The number of halogens is 1. The van der Waals surface area contributed by atoms with Gasteiger partial charge in [0, 0.05) is 25.3 Å². The number of benzene rings is 2. The van der Waals surface area contributed by atoms with Crippen LogP contribution in [0.1, 0.15) is 24.0 Å². The first-order valence-corrected chi connectivity index (χ1v) is 12.0. The van der Waals surface area contributed by atoms with Gasteiger partial charge in [0.15, 0.2) is 5.82 Å². The summed E-state index contributed by atoms with van der Waals surface area (Å²) in [7, 11) is 0. The number of carbonyl (C=O) groups is 1. The molecule has 1 amide bonds. The van der Waals surface area contributed by atoms with E-state index in [9.17, 15) is 14.3 Å². The number of piperidine rings is 1. The predicted octanol–water partition coefficient (Wildman–Crippen LogP) is 5.17. The highest BCUT2D eigenvalue weighted by Crippen LogP contribution is 2.27. The molecule has 35 heavy (non-hydrogen) atoms. The van der Waals surface area contributed by atoms with Crippen molar-refractivity contribution in [1.29, 1.82) is 0 Å². The standard InChI is InChI=1S/C26H28FN5O2S/c27-21-10-8-20(9-11-21)17-29-25-24(7-4-13-28-25)30-32(18-35)22-12-14-31(26(33)34)23(16-22)15-19-5-2-1-3-6-19/h1-11,13,18,22-23,30H,12,14-17H2,(H,28,29)(H,33,34). The Morgan fingerprint density at radius 2 is 1.91 bits per heavy atom. The van der Waals surface area contributed by atoms with E-state index in [2.05, 4.69) is 15.7 Å². The van der Waals surface area contributed by atoms with E-state index >= 15 is 0 Å². The average molecular weight is 494 g/mol. The number of amides is 1. The Hall–Kier alpha value is -3.72. The fourth-order valence-corrected chi connectivity index (χ4v) is 4.61. The molecule has 9 heteroatoms. The second-order valence-corrected chi connectivity index (χ2v) is 8.71. The predicted molar refractivity (Wildman–Crippen MR) is 139 cm³/mol. The number of rotatable bonds is 9. The highest BCUT2D eigenvalue weighted by atomic mass is 32.1. The molecule has 1 fully saturated rings. The van der Waals surface area contributed by atoms with Crippen LogP contribution >= 0.6 is 12.2 Å². The Balaban J connectivity index is 1.45. The van der Waals surface area contributed by atoms with Gasteiger partial charge in [-0.2, -0.15) is 0 Å². The molecule has 2 aromatic carbocycles. The zero-order valence-corrected chi connectivity index (χ0v) is 20.0. The van der Waals surface area contributed by atoms with E-state index < -0.39 is 6.09 Å². The summed E-state index contributed by atoms with van der Waals surface area (Å²) >= 11 is 5.33. The number of hydrogen-bond donors (Lipinski definition) is 3. The summed E-state index contributed by atoms with van der Waals surface area (Å²) in [5.74, 6) is 0.368. The molecule has 4 rings (SSSR count). The number of nitrogens with zero attached hydrogens (tertiary/aromatic N) is 3. The molecule has 1 aromatic heterocycles. The third kappa shape index (κ3) is 6.45. The first kappa shape index (κ1) is 24.4. The third-order valence-electron chi connectivity index (χ3n) is 6.19. The Morgan fingerprint density at radius 3 is 2.63 bits per heavy atom. The molecule has 0 saturated carbocycles. The molecule has 2 unspecified atom stereocenters. The molecular weight excluding hydrogens is 465 g/mol. The molecule has 7 nitrogen and oxygen atoms in total. The van der Waals surface area contributed by atoms with Crippen molar-refractivity contribution in [2.24, 2.45) is 0 Å². The maximum absolute atomic E-state index is 13.2. The van der Waals surface area contributed by atoms with Gasteiger partial charge in [0.1, 0.15) is 5.82 Å². The van der Waals surface area contributed by atoms with Gasteiger partial charge < -0.3 is 15.3 Å². The lowest BCUT2D eigenvalue weighted by molar-refractivity contribution is 0.0857. The first-order valence-electron chi connectivity index (χ1n) is 11.5. The molecule has 1 aliphatic heterocycles. The van der Waals surface area contributed by atoms with Crippen molar-refractivity contribution in [1.82, 2.24) is 14.9 Å². The van der Waals surface area contributed by atoms with Crippen molar-refractivity contribution in [2.75, 3.05) is 17.3 Å². The first-order chi connectivity index (χ1) is 17.0. The number of hydrogen-bond acceptors (Lipinski definition) is 5. The maximum Gasteiger partial charge on any atom is 0.407 e. The summed E-state index contributed by atoms with van der Waals surface area (Å²) in [6.45, 7) is 0.918. The highest BCUT2D eigenvalue weighted by molar-refractivity contribution is 7.78. The van der Waals surface area contributed by atoms with Crippen LogP contribution in [-0.4, -0.2) is 50.2 Å². The summed E-state index contributed by atoms with van der Waals surface area (Å²) in [5.41, 5.74) is 7.71. The lowest BCUT2D eigenvalue weighted by atomic mass is 9.92. The minimum absolute atomic E-state index is 0.0157. The summed E-state index contributed by atoms with van der Waals surface area (Å²) in [4.78, 5) is 17.8. The van der Waals surface area contributed by atoms with Gasteiger partial charge in [-0.05, 0) is 54.7 Å². The molecule has 3 N–H and O–H groups in total. The van der Waals surface area contributed by atoms with Crippen LogP contribution in [0.3, 0.4) is 0 Å². The fraction of sp³-hybridized carbons (Fsp3) is 0.269. The number of hydrazine groups is 1. The summed E-state index contributed by atoms with van der Waals surface area (Å²) in [5, 5.41) is 14.9. The minimum Gasteiger partial charge on any atom is -0.465 e. The number of aromatic nitrogens is 1. The molecule has 0 radical (unpaired) electrons. The number of likely N-dealkylation sites (tertiary alicyclic amines) is 1. The number of pyridine rings is 1. The highest BCUT2D eigenvalue weighted by Gasteiger charge is 2.34. The summed E-state index contributed by atoms with van der Waals surface area (Å²) < 4.78 is 13.2. The van der Waals surface area contributed by atoms with E-state index in [-0.39, 0.29) is 17.9 Å². The van der Waals surface area contributed by atoms with Crippen molar-refractivity contribution in [3.8, 4) is 0 Å². The lowest BCUT2D eigenvalue weighted by Gasteiger charge is -2.42. The zero-order chi connectivity index (χ0) is 24.6. The zero-order valence-electron chi connectivity index (χ0n) is 19.2. The molecule has 0 aliphatic carbocycles. The molecule has 2 atom stereocenters. The SMILES string of the molecule is O=C(O)N1CCC(N(C=S)Nc2cccnc2NCc2ccc(F)cc2)CC1Cc1ccccc1. The second-order valence-electron chi connectivity index (χ2n) is 8.50. The van der Waals surface area contributed by atoms with Crippen LogP contribution < -0.4 is 10.7 Å². The molecular formula is C26H28FN5O2S. The normalized spacial score (nSPS) is 17.5. The van der Waals surface area contributed by atoms with Crippen LogP contribution in [-0.2, 0) is 13.0 Å². The van der Waals surface area contributed by atoms with E-state index in [1.165, 1.54) is 17.0 Å². The van der Waals surface area contributed by atoms with Gasteiger partial charge >= 0.3 is 6.09 Å². The fourth-order valence-electron chi connectivity index (χ4n) is 4.38. The van der Waals surface area contributed by atoms with E-state index in [1.54, 1.807) is 23.8 Å². The number of nitrogens with one attached hydrogen (secondary N) is 2. The van der Waals surface area contributed by atoms with Crippen molar-refractivity contribution in [2.45, 2.75) is 37.9 Å². The molecule has 1 saturated heterocycles. The van der Waals surface area contributed by atoms with Crippen molar-refractivity contribution < 1.29 is 14.3 Å². The molecule has 182 valence electrons. The average Bonchev–Trinajstić information content (AvgIpc) is 2.88. The number of anilines is 2. The van der Waals surface area contributed by atoms with Gasteiger partial charge in [0.25, 0.3) is 0 Å². The number of carboxylic acid groups (broad SMARTS) is 1. The molecule has 2 heterocycles. The number of thiocarbonyl (C=S) groups is 1. The van der Waals surface area contributed by atoms with E-state index in [0.29, 0.717) is 38.2 Å². The Labute approximate surface area is 209 Å². The Kier molecular flexibility index (Phi) is 8.10. The van der Waals surface area contributed by atoms with Crippen molar-refractivity contribution in [3.05, 3.63) is 89.9 Å². The van der Waals surface area contributed by atoms with Crippen LogP contribution in [0, 0.1) is 5.82 Å². The maximum atomic E-state index is 13.2. The van der Waals surface area contributed by atoms with Crippen LogP contribution in [0.2, 0.25) is 0 Å². The van der Waals surface area contributed by atoms with Crippen LogP contribution in [0.4, 0.5) is 20.7 Å². The topological polar surface area (TPSA) is 80.7 Å².